The first-order valence-electron chi connectivity index (χ1n) is 9.93. The van der Waals surface area contributed by atoms with Gasteiger partial charge < -0.3 is 15.6 Å². The third-order valence-electron chi connectivity index (χ3n) is 9.29. The quantitative estimate of drug-likeness (QED) is 0.559. The maximum atomic E-state index is 12.6. The van der Waals surface area contributed by atoms with Crippen molar-refractivity contribution in [2.24, 2.45) is 40.2 Å². The molecule has 9 atom stereocenters. The van der Waals surface area contributed by atoms with Crippen LogP contribution in [0, 0.1) is 34.5 Å². The van der Waals surface area contributed by atoms with Gasteiger partial charge in [0, 0.05) is 5.41 Å². The molecule has 1 heterocycles. The number of primary amides is 1. The van der Waals surface area contributed by atoms with E-state index < -0.39 is 17.9 Å². The summed E-state index contributed by atoms with van der Waals surface area (Å²) in [6.45, 7) is 4.52. The van der Waals surface area contributed by atoms with Crippen LogP contribution in [0.4, 0.5) is 0 Å². The van der Waals surface area contributed by atoms with Gasteiger partial charge in [0.2, 0.25) is 5.91 Å². The third kappa shape index (κ3) is 1.72. The van der Waals surface area contributed by atoms with Crippen molar-refractivity contribution >= 4 is 11.7 Å². The predicted molar refractivity (Wildman–Crippen MR) is 90.3 cm³/mol. The Hall–Kier alpha value is -0.940. The number of Topliss-reactive ketones (excluding diaryl/α,β-unsaturated/α-hetero) is 1. The number of hydrogen-bond acceptors (Lipinski definition) is 4. The Morgan fingerprint density at radius 2 is 1.92 bits per heavy atom. The molecule has 0 radical (unpaired) electrons. The van der Waals surface area contributed by atoms with Gasteiger partial charge in [0.1, 0.15) is 11.7 Å². The third-order valence-corrected chi connectivity index (χ3v) is 9.29. The maximum Gasteiger partial charge on any atom is 0.228 e. The molecule has 1 aliphatic heterocycles. The summed E-state index contributed by atoms with van der Waals surface area (Å²) in [6.07, 6.45) is 6.05. The van der Waals surface area contributed by atoms with Gasteiger partial charge >= 0.3 is 0 Å². The number of ketones is 1. The summed E-state index contributed by atoms with van der Waals surface area (Å²) in [6, 6.07) is 0. The van der Waals surface area contributed by atoms with Gasteiger partial charge in [-0.2, -0.15) is 0 Å². The highest BCUT2D eigenvalue weighted by atomic mass is 16.6. The van der Waals surface area contributed by atoms with Crippen LogP contribution < -0.4 is 5.73 Å². The van der Waals surface area contributed by atoms with Crippen molar-refractivity contribution in [3.05, 3.63) is 0 Å². The second kappa shape index (κ2) is 4.66. The number of aliphatic hydroxyl groups is 1. The fourth-order valence-electron chi connectivity index (χ4n) is 7.79. The molecule has 4 aliphatic carbocycles. The SMILES string of the molecule is C[C@]12CCC3C(CC[C@@]45O[C@@H]4C(=O)[C@H](C(N)=O)C[C@]35C)C1CC[C@@H]2O. The zero-order valence-electron chi connectivity index (χ0n) is 15.2. The lowest BCUT2D eigenvalue weighted by Gasteiger charge is -2.59. The molecule has 3 unspecified atom stereocenters. The summed E-state index contributed by atoms with van der Waals surface area (Å²) in [7, 11) is 0. The number of fused-ring (bicyclic) bond motifs is 4. The molecule has 3 N–H and O–H groups in total. The Kier molecular flexibility index (Phi) is 3.03. The van der Waals surface area contributed by atoms with Crippen LogP contribution in [0.25, 0.3) is 0 Å². The van der Waals surface area contributed by atoms with E-state index in [2.05, 4.69) is 13.8 Å². The zero-order chi connectivity index (χ0) is 17.8. The van der Waals surface area contributed by atoms with Crippen molar-refractivity contribution in [3.63, 3.8) is 0 Å². The van der Waals surface area contributed by atoms with Crippen LogP contribution in [0.2, 0.25) is 0 Å². The van der Waals surface area contributed by atoms with Gasteiger partial charge in [-0.25, -0.2) is 0 Å². The Labute approximate surface area is 148 Å². The molecule has 25 heavy (non-hydrogen) atoms. The van der Waals surface area contributed by atoms with Crippen LogP contribution in [0.5, 0.6) is 0 Å². The first-order chi connectivity index (χ1) is 11.7. The van der Waals surface area contributed by atoms with Crippen molar-refractivity contribution in [3.8, 4) is 0 Å². The number of carbonyl (C=O) groups is 2. The second-order valence-electron chi connectivity index (χ2n) is 9.92. The monoisotopic (exact) mass is 347 g/mol. The van der Waals surface area contributed by atoms with E-state index in [4.69, 9.17) is 10.5 Å². The molecule has 0 aromatic carbocycles. The molecule has 1 spiro atoms. The molecule has 0 bridgehead atoms. The molecule has 5 fully saturated rings. The molecule has 1 amide bonds. The van der Waals surface area contributed by atoms with Crippen LogP contribution in [-0.2, 0) is 14.3 Å². The van der Waals surface area contributed by atoms with Crippen molar-refractivity contribution in [1.82, 2.24) is 0 Å². The van der Waals surface area contributed by atoms with Crippen molar-refractivity contribution in [1.29, 1.82) is 0 Å². The number of nitrogens with two attached hydrogens (primary N) is 1. The minimum Gasteiger partial charge on any atom is -0.393 e. The highest BCUT2D eigenvalue weighted by Crippen LogP contribution is 2.72. The number of hydrogen-bond donors (Lipinski definition) is 2. The van der Waals surface area contributed by atoms with Crippen LogP contribution in [0.3, 0.4) is 0 Å². The van der Waals surface area contributed by atoms with Gasteiger partial charge in [-0.15, -0.1) is 0 Å². The highest BCUT2D eigenvalue weighted by Gasteiger charge is 2.78. The average Bonchev–Trinajstić information content (AvgIpc) is 3.23. The minimum atomic E-state index is -0.688. The van der Waals surface area contributed by atoms with E-state index in [9.17, 15) is 14.7 Å². The number of ether oxygens (including phenoxy) is 1. The number of rotatable bonds is 1. The Morgan fingerprint density at radius 3 is 2.64 bits per heavy atom. The Bertz CT molecular complexity index is 664. The van der Waals surface area contributed by atoms with Crippen LogP contribution in [0.15, 0.2) is 0 Å². The smallest absolute Gasteiger partial charge is 0.228 e. The average molecular weight is 347 g/mol. The minimum absolute atomic E-state index is 0.0411. The predicted octanol–water partition coefficient (Wildman–Crippen LogP) is 1.80. The van der Waals surface area contributed by atoms with Crippen LogP contribution in [0.1, 0.15) is 58.8 Å². The van der Waals surface area contributed by atoms with E-state index in [1.54, 1.807) is 0 Å². The van der Waals surface area contributed by atoms with E-state index in [1.807, 2.05) is 0 Å². The fourth-order valence-corrected chi connectivity index (χ4v) is 7.79. The van der Waals surface area contributed by atoms with Gasteiger partial charge in [0.15, 0.2) is 5.78 Å². The fraction of sp³-hybridized carbons (Fsp3) is 0.900. The van der Waals surface area contributed by atoms with Gasteiger partial charge in [-0.3, -0.25) is 9.59 Å². The number of carbonyl (C=O) groups excluding carboxylic acids is 2. The molecule has 5 rings (SSSR count). The molecule has 5 nitrogen and oxygen atoms in total. The zero-order valence-corrected chi connectivity index (χ0v) is 15.2. The number of epoxide rings is 1. The molecule has 0 aromatic heterocycles. The number of aliphatic hydroxyl groups excluding tert-OH is 1. The second-order valence-corrected chi connectivity index (χ2v) is 9.92. The highest BCUT2D eigenvalue weighted by molar-refractivity contribution is 6.05. The van der Waals surface area contributed by atoms with Crippen molar-refractivity contribution in [2.45, 2.75) is 76.6 Å². The number of amides is 1. The summed E-state index contributed by atoms with van der Waals surface area (Å²) < 4.78 is 6.06. The van der Waals surface area contributed by atoms with Crippen molar-refractivity contribution in [2.75, 3.05) is 0 Å². The van der Waals surface area contributed by atoms with E-state index >= 15 is 0 Å². The normalized spacial score (nSPS) is 59.4. The summed E-state index contributed by atoms with van der Waals surface area (Å²) >= 11 is 0. The molecule has 5 aliphatic rings. The van der Waals surface area contributed by atoms with E-state index in [0.717, 1.165) is 38.5 Å². The van der Waals surface area contributed by atoms with Crippen molar-refractivity contribution < 1.29 is 19.4 Å². The summed E-state index contributed by atoms with van der Waals surface area (Å²) in [5.74, 6) is 0.321. The van der Waals surface area contributed by atoms with E-state index in [0.29, 0.717) is 24.2 Å². The van der Waals surface area contributed by atoms with E-state index in [-0.39, 0.29) is 28.3 Å². The maximum absolute atomic E-state index is 12.6. The molecule has 1 saturated heterocycles. The molecule has 0 aromatic rings. The summed E-state index contributed by atoms with van der Waals surface area (Å²) in [5, 5.41) is 10.5. The Balaban J connectivity index is 1.52. The molecular formula is C20H29NO4. The molecular weight excluding hydrogens is 318 g/mol. The van der Waals surface area contributed by atoms with Gasteiger partial charge in [-0.1, -0.05) is 13.8 Å². The lowest BCUT2D eigenvalue weighted by atomic mass is 9.44. The summed E-state index contributed by atoms with van der Waals surface area (Å²) in [4.78, 5) is 24.5. The molecule has 4 saturated carbocycles. The van der Waals surface area contributed by atoms with Crippen LogP contribution >= 0.6 is 0 Å². The van der Waals surface area contributed by atoms with Gasteiger partial charge in [-0.05, 0) is 68.1 Å². The molecule has 138 valence electrons. The van der Waals surface area contributed by atoms with E-state index in [1.165, 1.54) is 0 Å². The lowest BCUT2D eigenvalue weighted by molar-refractivity contribution is -0.147. The summed E-state index contributed by atoms with van der Waals surface area (Å²) in [5.41, 5.74) is 5.11. The largest absolute Gasteiger partial charge is 0.393 e. The standard InChI is InChI=1S/C20H29NO4/c1-18-7-6-13-10(12(18)3-4-14(18)22)5-8-20-16(25-20)15(23)11(17(21)24)9-19(13,20)2/h10-14,16,22H,3-9H2,1-2H3,(H2,21,24)/t10?,11-,12?,13?,14+,16-,18+,19-,20-/m1/s1. The van der Waals surface area contributed by atoms with Crippen LogP contribution in [-0.4, -0.2) is 34.6 Å². The first kappa shape index (κ1) is 16.2. The van der Waals surface area contributed by atoms with Gasteiger partial charge in [0.25, 0.3) is 0 Å². The Morgan fingerprint density at radius 1 is 1.16 bits per heavy atom. The first-order valence-corrected chi connectivity index (χ1v) is 9.93. The topological polar surface area (TPSA) is 92.9 Å². The lowest BCUT2D eigenvalue weighted by Crippen LogP contribution is -2.61. The molecule has 5 heteroatoms. The van der Waals surface area contributed by atoms with Gasteiger partial charge in [0.05, 0.1) is 12.0 Å².